The van der Waals surface area contributed by atoms with E-state index in [1.807, 2.05) is 23.9 Å². The molecule has 0 saturated heterocycles. The van der Waals surface area contributed by atoms with Crippen molar-refractivity contribution in [3.8, 4) is 0 Å². The third kappa shape index (κ3) is 2.68. The van der Waals surface area contributed by atoms with E-state index in [-0.39, 0.29) is 17.5 Å². The van der Waals surface area contributed by atoms with Gasteiger partial charge in [0.2, 0.25) is 0 Å². The summed E-state index contributed by atoms with van der Waals surface area (Å²) in [6, 6.07) is 5.14. The van der Waals surface area contributed by atoms with Crippen LogP contribution in [0.1, 0.15) is 43.6 Å². The molecule has 0 saturated carbocycles. The maximum Gasteiger partial charge on any atom is 0.161 e. The standard InChI is InChI=1S/C18H17BrFNOS/c19-11-9-10(6-7-12(11)20)16-17-13(3-1-5-15(17)22)21-14-4-2-8-23-18(14)16/h6-7,9,16,21H,1-5,8H2. The molecule has 0 amide bonds. The second-order valence-corrected chi connectivity index (χ2v) is 8.19. The summed E-state index contributed by atoms with van der Waals surface area (Å²) < 4.78 is 14.1. The fourth-order valence-electron chi connectivity index (χ4n) is 3.67. The molecule has 23 heavy (non-hydrogen) atoms. The fourth-order valence-corrected chi connectivity index (χ4v) is 5.33. The molecule has 0 aromatic heterocycles. The average molecular weight is 394 g/mol. The zero-order chi connectivity index (χ0) is 16.0. The Hall–Kier alpha value is -1.07. The van der Waals surface area contributed by atoms with Crippen molar-refractivity contribution < 1.29 is 9.18 Å². The van der Waals surface area contributed by atoms with Gasteiger partial charge in [-0.25, -0.2) is 4.39 Å². The molecule has 4 rings (SSSR count). The van der Waals surface area contributed by atoms with E-state index in [4.69, 9.17) is 0 Å². The van der Waals surface area contributed by atoms with Gasteiger partial charge in [0.1, 0.15) is 5.82 Å². The van der Waals surface area contributed by atoms with Gasteiger partial charge in [-0.15, -0.1) is 11.8 Å². The molecule has 120 valence electrons. The van der Waals surface area contributed by atoms with Crippen molar-refractivity contribution in [1.82, 2.24) is 5.32 Å². The molecule has 2 aliphatic heterocycles. The molecule has 1 N–H and O–H groups in total. The highest BCUT2D eigenvalue weighted by Gasteiger charge is 2.37. The van der Waals surface area contributed by atoms with E-state index in [1.165, 1.54) is 16.7 Å². The van der Waals surface area contributed by atoms with Gasteiger partial charge in [-0.05, 0) is 65.1 Å². The van der Waals surface area contributed by atoms with Crippen LogP contribution in [0, 0.1) is 5.82 Å². The second kappa shape index (κ2) is 6.10. The van der Waals surface area contributed by atoms with Crippen LogP contribution in [0.4, 0.5) is 4.39 Å². The molecule has 0 bridgehead atoms. The van der Waals surface area contributed by atoms with Crippen LogP contribution < -0.4 is 5.32 Å². The predicted octanol–water partition coefficient (Wildman–Crippen LogP) is 5.02. The first-order valence-corrected chi connectivity index (χ1v) is 9.77. The van der Waals surface area contributed by atoms with Gasteiger partial charge in [0.15, 0.2) is 5.78 Å². The summed E-state index contributed by atoms with van der Waals surface area (Å²) in [5, 5.41) is 3.55. The van der Waals surface area contributed by atoms with E-state index in [0.717, 1.165) is 48.3 Å². The van der Waals surface area contributed by atoms with Gasteiger partial charge in [0.05, 0.1) is 4.47 Å². The molecular formula is C18H17BrFNOS. The van der Waals surface area contributed by atoms with Crippen LogP contribution in [0.15, 0.2) is 44.5 Å². The molecular weight excluding hydrogens is 377 g/mol. The molecule has 1 aromatic carbocycles. The summed E-state index contributed by atoms with van der Waals surface area (Å²) in [7, 11) is 0. The number of thioether (sulfide) groups is 1. The molecule has 2 heterocycles. The number of dihydropyridines is 1. The number of nitrogens with one attached hydrogen (secondary N) is 1. The molecule has 0 spiro atoms. The van der Waals surface area contributed by atoms with Gasteiger partial charge < -0.3 is 5.32 Å². The zero-order valence-corrected chi connectivity index (χ0v) is 15.0. The lowest BCUT2D eigenvalue weighted by molar-refractivity contribution is -0.116. The van der Waals surface area contributed by atoms with Gasteiger partial charge >= 0.3 is 0 Å². The number of benzene rings is 1. The summed E-state index contributed by atoms with van der Waals surface area (Å²) >= 11 is 5.13. The van der Waals surface area contributed by atoms with E-state index in [2.05, 4.69) is 21.2 Å². The van der Waals surface area contributed by atoms with Crippen molar-refractivity contribution in [3.05, 3.63) is 55.9 Å². The Morgan fingerprint density at radius 2 is 2.00 bits per heavy atom. The molecule has 1 aliphatic carbocycles. The van der Waals surface area contributed by atoms with Crippen LogP contribution in [0.3, 0.4) is 0 Å². The Morgan fingerprint density at radius 3 is 2.83 bits per heavy atom. The number of hydrogen-bond donors (Lipinski definition) is 1. The monoisotopic (exact) mass is 393 g/mol. The highest BCUT2D eigenvalue weighted by molar-refractivity contribution is 9.10. The normalized spacial score (nSPS) is 24.3. The number of rotatable bonds is 1. The van der Waals surface area contributed by atoms with Crippen molar-refractivity contribution >= 4 is 33.5 Å². The maximum atomic E-state index is 13.7. The topological polar surface area (TPSA) is 29.1 Å². The smallest absolute Gasteiger partial charge is 0.161 e. The van der Waals surface area contributed by atoms with E-state index in [9.17, 15) is 9.18 Å². The van der Waals surface area contributed by atoms with E-state index in [1.54, 1.807) is 0 Å². The molecule has 1 unspecified atom stereocenters. The lowest BCUT2D eigenvalue weighted by Crippen LogP contribution is -2.32. The third-order valence-corrected chi connectivity index (χ3v) is 6.61. The molecule has 5 heteroatoms. The Balaban J connectivity index is 1.87. The van der Waals surface area contributed by atoms with Crippen molar-refractivity contribution in [2.45, 2.75) is 38.0 Å². The minimum Gasteiger partial charge on any atom is -0.361 e. The van der Waals surface area contributed by atoms with Gasteiger partial charge in [-0.3, -0.25) is 4.79 Å². The van der Waals surface area contributed by atoms with Crippen molar-refractivity contribution in [2.24, 2.45) is 0 Å². The number of ketones is 1. The first-order valence-electron chi connectivity index (χ1n) is 7.99. The van der Waals surface area contributed by atoms with E-state index < -0.39 is 0 Å². The number of allylic oxidation sites excluding steroid dienone is 4. The van der Waals surface area contributed by atoms with Crippen LogP contribution in [-0.2, 0) is 4.79 Å². The largest absolute Gasteiger partial charge is 0.361 e. The molecule has 0 fully saturated rings. The highest BCUT2D eigenvalue weighted by atomic mass is 79.9. The van der Waals surface area contributed by atoms with Crippen LogP contribution in [-0.4, -0.2) is 11.5 Å². The number of Topliss-reactive ketones (excluding diaryl/α,β-unsaturated/α-hetero) is 1. The highest BCUT2D eigenvalue weighted by Crippen LogP contribution is 2.49. The lowest BCUT2D eigenvalue weighted by atomic mass is 9.79. The Kier molecular flexibility index (Phi) is 4.10. The second-order valence-electron chi connectivity index (χ2n) is 6.20. The number of carbonyl (C=O) groups excluding carboxylic acids is 1. The zero-order valence-electron chi connectivity index (χ0n) is 12.6. The first kappa shape index (κ1) is 15.5. The van der Waals surface area contributed by atoms with Gasteiger partial charge in [-0.1, -0.05) is 6.07 Å². The summed E-state index contributed by atoms with van der Waals surface area (Å²) in [6.07, 6.45) is 4.66. The third-order valence-electron chi connectivity index (χ3n) is 4.71. The number of hydrogen-bond acceptors (Lipinski definition) is 3. The van der Waals surface area contributed by atoms with Crippen LogP contribution in [0.5, 0.6) is 0 Å². The lowest BCUT2D eigenvalue weighted by Gasteiger charge is -2.37. The SMILES string of the molecule is O=C1CCCC2=C1C(c1ccc(F)c(Br)c1)C1=C(CCCS1)N2. The minimum atomic E-state index is -0.266. The maximum absolute atomic E-state index is 13.7. The molecule has 3 aliphatic rings. The van der Waals surface area contributed by atoms with Crippen LogP contribution >= 0.6 is 27.7 Å². The predicted molar refractivity (Wildman–Crippen MR) is 94.6 cm³/mol. The van der Waals surface area contributed by atoms with Crippen LogP contribution in [0.25, 0.3) is 0 Å². The number of halogens is 2. The summed E-state index contributed by atoms with van der Waals surface area (Å²) in [4.78, 5) is 13.9. The van der Waals surface area contributed by atoms with Gasteiger partial charge in [-0.2, -0.15) is 0 Å². The van der Waals surface area contributed by atoms with Gasteiger partial charge in [0.25, 0.3) is 0 Å². The Morgan fingerprint density at radius 1 is 1.17 bits per heavy atom. The average Bonchev–Trinajstić information content (AvgIpc) is 2.56. The molecule has 0 radical (unpaired) electrons. The molecule has 1 atom stereocenters. The van der Waals surface area contributed by atoms with E-state index >= 15 is 0 Å². The van der Waals surface area contributed by atoms with Crippen molar-refractivity contribution in [1.29, 1.82) is 0 Å². The van der Waals surface area contributed by atoms with Crippen LogP contribution in [0.2, 0.25) is 0 Å². The number of carbonyl (C=O) groups is 1. The van der Waals surface area contributed by atoms with E-state index in [0.29, 0.717) is 10.9 Å². The first-order chi connectivity index (χ1) is 11.1. The van der Waals surface area contributed by atoms with Crippen molar-refractivity contribution in [3.63, 3.8) is 0 Å². The minimum absolute atomic E-state index is 0.0313. The Labute approximate surface area is 147 Å². The quantitative estimate of drug-likeness (QED) is 0.725. The molecule has 2 nitrogen and oxygen atoms in total. The van der Waals surface area contributed by atoms with Crippen molar-refractivity contribution in [2.75, 3.05) is 5.75 Å². The van der Waals surface area contributed by atoms with Gasteiger partial charge in [0, 0.05) is 34.2 Å². The summed E-state index contributed by atoms with van der Waals surface area (Å²) in [5.74, 6) is 1.02. The Bertz CT molecular complexity index is 755. The fraction of sp³-hybridized carbons (Fsp3) is 0.389. The summed E-state index contributed by atoms with van der Waals surface area (Å²) in [6.45, 7) is 0. The summed E-state index contributed by atoms with van der Waals surface area (Å²) in [5.41, 5.74) is 4.26. The molecule has 1 aromatic rings.